The van der Waals surface area contributed by atoms with E-state index < -0.39 is 0 Å². The Morgan fingerprint density at radius 2 is 2.04 bits per heavy atom. The molecule has 8 heteroatoms. The van der Waals surface area contributed by atoms with Gasteiger partial charge in [-0.2, -0.15) is 9.78 Å². The van der Waals surface area contributed by atoms with Crippen LogP contribution >= 0.6 is 23.4 Å². The Hall–Kier alpha value is -2.51. The molecular weight excluding hydrogens is 384 g/mol. The van der Waals surface area contributed by atoms with Gasteiger partial charge in [0, 0.05) is 16.3 Å². The lowest BCUT2D eigenvalue weighted by molar-refractivity contribution is 0.289. The molecule has 27 heavy (non-hydrogen) atoms. The van der Waals surface area contributed by atoms with Gasteiger partial charge in [0.05, 0.1) is 12.8 Å². The van der Waals surface area contributed by atoms with Crippen molar-refractivity contribution in [1.29, 1.82) is 0 Å². The molecule has 0 saturated heterocycles. The van der Waals surface area contributed by atoms with Crippen LogP contribution in [0.5, 0.6) is 11.5 Å². The summed E-state index contributed by atoms with van der Waals surface area (Å²) in [5.41, 5.74) is 2.92. The quantitative estimate of drug-likeness (QED) is 0.642. The number of hydrogen-bond donors (Lipinski definition) is 0. The number of benzene rings is 2. The largest absolute Gasteiger partial charge is 0.497 e. The number of fused-ring (bicyclic) bond motifs is 1. The highest BCUT2D eigenvalue weighted by atomic mass is 35.5. The maximum atomic E-state index is 6.06. The van der Waals surface area contributed by atoms with Gasteiger partial charge in [-0.1, -0.05) is 35.5 Å². The second kappa shape index (κ2) is 7.62. The number of ether oxygens (including phenoxy) is 2. The smallest absolute Gasteiger partial charge is 0.212 e. The van der Waals surface area contributed by atoms with E-state index >= 15 is 0 Å². The van der Waals surface area contributed by atoms with Crippen molar-refractivity contribution in [3.05, 3.63) is 64.4 Å². The molecule has 0 saturated carbocycles. The molecule has 0 unspecified atom stereocenters. The summed E-state index contributed by atoms with van der Waals surface area (Å²) in [5.74, 6) is 2.90. The zero-order valence-electron chi connectivity index (χ0n) is 14.8. The average Bonchev–Trinajstić information content (AvgIpc) is 3.11. The Morgan fingerprint density at radius 1 is 1.15 bits per heavy atom. The molecule has 1 aliphatic rings. The Labute approximate surface area is 166 Å². The number of hydrogen-bond acceptors (Lipinski definition) is 6. The molecule has 0 N–H and O–H groups in total. The molecule has 3 aromatic rings. The summed E-state index contributed by atoms with van der Waals surface area (Å²) in [5, 5.41) is 14.6. The molecule has 0 aliphatic carbocycles. The lowest BCUT2D eigenvalue weighted by Crippen LogP contribution is -2.15. The molecule has 0 spiro atoms. The minimum absolute atomic E-state index is 0.267. The highest BCUT2D eigenvalue weighted by Gasteiger charge is 2.20. The Balaban J connectivity index is 1.57. The van der Waals surface area contributed by atoms with Crippen molar-refractivity contribution in [3.63, 3.8) is 0 Å². The summed E-state index contributed by atoms with van der Waals surface area (Å²) in [6, 6.07) is 13.4. The van der Waals surface area contributed by atoms with E-state index in [0.717, 1.165) is 39.2 Å². The number of aryl methyl sites for hydroxylation is 1. The minimum Gasteiger partial charge on any atom is -0.497 e. The van der Waals surface area contributed by atoms with Gasteiger partial charge in [0.25, 0.3) is 0 Å². The third kappa shape index (κ3) is 3.79. The fourth-order valence-electron chi connectivity index (χ4n) is 2.66. The van der Waals surface area contributed by atoms with Gasteiger partial charge in [-0.05, 0) is 42.8 Å². The number of halogens is 1. The van der Waals surface area contributed by atoms with Gasteiger partial charge in [0.1, 0.15) is 18.1 Å². The van der Waals surface area contributed by atoms with Gasteiger partial charge in [0.2, 0.25) is 5.16 Å². The molecule has 0 amide bonds. The van der Waals surface area contributed by atoms with Crippen molar-refractivity contribution < 1.29 is 9.47 Å². The maximum Gasteiger partial charge on any atom is 0.212 e. The zero-order chi connectivity index (χ0) is 18.8. The normalized spacial score (nSPS) is 13.1. The van der Waals surface area contributed by atoms with E-state index in [-0.39, 0.29) is 6.61 Å². The SMILES string of the molecule is COc1cccc(C2=Nn3c(COc4ccc(Cl)c(C)c4)nnc3SC2)c1. The summed E-state index contributed by atoms with van der Waals surface area (Å²) in [4.78, 5) is 0. The topological polar surface area (TPSA) is 61.5 Å². The van der Waals surface area contributed by atoms with Crippen LogP contribution in [0.4, 0.5) is 0 Å². The van der Waals surface area contributed by atoms with E-state index in [1.807, 2.05) is 49.4 Å². The van der Waals surface area contributed by atoms with Gasteiger partial charge in [-0.25, -0.2) is 0 Å². The van der Waals surface area contributed by atoms with Crippen LogP contribution in [0.3, 0.4) is 0 Å². The van der Waals surface area contributed by atoms with Crippen LogP contribution in [0.2, 0.25) is 5.02 Å². The summed E-state index contributed by atoms with van der Waals surface area (Å²) >= 11 is 7.66. The maximum absolute atomic E-state index is 6.06. The number of methoxy groups -OCH3 is 1. The lowest BCUT2D eigenvalue weighted by Gasteiger charge is -2.14. The summed E-state index contributed by atoms with van der Waals surface area (Å²) in [6.45, 7) is 2.21. The van der Waals surface area contributed by atoms with Crippen molar-refractivity contribution >= 4 is 29.1 Å². The Morgan fingerprint density at radius 3 is 2.85 bits per heavy atom. The molecule has 0 radical (unpaired) electrons. The molecule has 1 aromatic heterocycles. The second-order valence-corrected chi connectivity index (χ2v) is 7.33. The van der Waals surface area contributed by atoms with Crippen LogP contribution in [0.25, 0.3) is 0 Å². The van der Waals surface area contributed by atoms with Crippen LogP contribution in [-0.4, -0.2) is 33.4 Å². The minimum atomic E-state index is 0.267. The van der Waals surface area contributed by atoms with Crippen molar-refractivity contribution in [2.45, 2.75) is 18.7 Å². The summed E-state index contributed by atoms with van der Waals surface area (Å²) in [6.07, 6.45) is 0. The molecule has 0 bridgehead atoms. The van der Waals surface area contributed by atoms with E-state index in [2.05, 4.69) is 10.2 Å². The summed E-state index contributed by atoms with van der Waals surface area (Å²) in [7, 11) is 1.66. The van der Waals surface area contributed by atoms with Crippen molar-refractivity contribution in [2.24, 2.45) is 5.10 Å². The fourth-order valence-corrected chi connectivity index (χ4v) is 3.63. The Bertz CT molecular complexity index is 1020. The van der Waals surface area contributed by atoms with Gasteiger partial charge in [-0.3, -0.25) is 0 Å². The first-order chi connectivity index (χ1) is 13.1. The van der Waals surface area contributed by atoms with Gasteiger partial charge in [0.15, 0.2) is 5.82 Å². The van der Waals surface area contributed by atoms with Crippen molar-refractivity contribution in [1.82, 2.24) is 14.9 Å². The first-order valence-corrected chi connectivity index (χ1v) is 9.69. The number of aromatic nitrogens is 3. The average molecular weight is 401 g/mol. The van der Waals surface area contributed by atoms with E-state index in [9.17, 15) is 0 Å². The second-order valence-electron chi connectivity index (χ2n) is 5.98. The van der Waals surface area contributed by atoms with Crippen LogP contribution in [0, 0.1) is 6.92 Å². The zero-order valence-corrected chi connectivity index (χ0v) is 16.4. The molecule has 4 rings (SSSR count). The number of rotatable bonds is 5. The molecule has 138 valence electrons. The van der Waals surface area contributed by atoms with Crippen LogP contribution in [0.15, 0.2) is 52.7 Å². The van der Waals surface area contributed by atoms with Gasteiger partial charge < -0.3 is 9.47 Å². The van der Waals surface area contributed by atoms with E-state index in [0.29, 0.717) is 10.8 Å². The first-order valence-electron chi connectivity index (χ1n) is 8.32. The van der Waals surface area contributed by atoms with Crippen LogP contribution in [0.1, 0.15) is 17.0 Å². The third-order valence-electron chi connectivity index (χ3n) is 4.14. The molecule has 2 aromatic carbocycles. The predicted octanol–water partition coefficient (Wildman–Crippen LogP) is 4.19. The molecular formula is C19H17ClN4O2S. The lowest BCUT2D eigenvalue weighted by atomic mass is 10.1. The number of thioether (sulfide) groups is 1. The first kappa shape index (κ1) is 17.9. The molecule has 1 aliphatic heterocycles. The monoisotopic (exact) mass is 400 g/mol. The fraction of sp³-hybridized carbons (Fsp3) is 0.211. The predicted molar refractivity (Wildman–Crippen MR) is 106 cm³/mol. The van der Waals surface area contributed by atoms with Crippen molar-refractivity contribution in [3.8, 4) is 11.5 Å². The molecule has 0 atom stereocenters. The van der Waals surface area contributed by atoms with E-state index in [1.54, 1.807) is 23.5 Å². The summed E-state index contributed by atoms with van der Waals surface area (Å²) < 4.78 is 12.9. The van der Waals surface area contributed by atoms with Crippen LogP contribution < -0.4 is 9.47 Å². The highest BCUT2D eigenvalue weighted by molar-refractivity contribution is 7.99. The highest BCUT2D eigenvalue weighted by Crippen LogP contribution is 2.26. The van der Waals surface area contributed by atoms with Crippen LogP contribution in [-0.2, 0) is 6.61 Å². The molecule has 2 heterocycles. The molecule has 6 nitrogen and oxygen atoms in total. The number of nitrogens with zero attached hydrogens (tertiary/aromatic N) is 4. The Kier molecular flexibility index (Phi) is 5.05. The van der Waals surface area contributed by atoms with Gasteiger partial charge in [-0.15, -0.1) is 10.2 Å². The van der Waals surface area contributed by atoms with E-state index in [4.69, 9.17) is 26.2 Å². The third-order valence-corrected chi connectivity index (χ3v) is 5.49. The van der Waals surface area contributed by atoms with Gasteiger partial charge >= 0.3 is 0 Å². The molecule has 0 fully saturated rings. The van der Waals surface area contributed by atoms with E-state index in [1.165, 1.54) is 0 Å². The standard InChI is InChI=1S/C19H17ClN4O2S/c1-12-8-15(6-7-16(12)20)26-10-18-21-22-19-24(18)23-17(11-27-19)13-4-3-5-14(9-13)25-2/h3-9H,10-11H2,1-2H3. The van der Waals surface area contributed by atoms with Crippen molar-refractivity contribution in [2.75, 3.05) is 12.9 Å².